The minimum Gasteiger partial charge on any atom is -0.459 e. The van der Waals surface area contributed by atoms with Crippen LogP contribution in [0.3, 0.4) is 0 Å². The highest BCUT2D eigenvalue weighted by Gasteiger charge is 2.26. The molecule has 0 spiro atoms. The van der Waals surface area contributed by atoms with E-state index in [0.717, 1.165) is 24.4 Å². The lowest BCUT2D eigenvalue weighted by atomic mass is 9.98. The number of piperidine rings is 1. The van der Waals surface area contributed by atoms with E-state index in [1.807, 2.05) is 6.07 Å². The molecule has 3 aromatic rings. The molecule has 2 aromatic carbocycles. The molecule has 1 fully saturated rings. The molecule has 2 heterocycles. The SMILES string of the molecule is Cc1ccc(C(c2cc3ccccc3o2)N2CCCCC2)cc1. The van der Waals surface area contributed by atoms with E-state index >= 15 is 0 Å². The van der Waals surface area contributed by atoms with Gasteiger partial charge in [-0.2, -0.15) is 0 Å². The van der Waals surface area contributed by atoms with Crippen molar-refractivity contribution in [3.63, 3.8) is 0 Å². The van der Waals surface area contributed by atoms with Crippen LogP contribution in [0.1, 0.15) is 42.2 Å². The van der Waals surface area contributed by atoms with Gasteiger partial charge < -0.3 is 4.42 Å². The Hall–Kier alpha value is -2.06. The first-order chi connectivity index (χ1) is 11.3. The van der Waals surface area contributed by atoms with Crippen molar-refractivity contribution in [2.24, 2.45) is 0 Å². The summed E-state index contributed by atoms with van der Waals surface area (Å²) in [6.07, 6.45) is 3.91. The van der Waals surface area contributed by atoms with E-state index in [4.69, 9.17) is 4.42 Å². The second-order valence-electron chi connectivity index (χ2n) is 6.60. The predicted octanol–water partition coefficient (Wildman–Crippen LogP) is 5.32. The van der Waals surface area contributed by atoms with Gasteiger partial charge in [0, 0.05) is 5.39 Å². The molecule has 2 nitrogen and oxygen atoms in total. The average molecular weight is 305 g/mol. The highest BCUT2D eigenvalue weighted by molar-refractivity contribution is 5.78. The van der Waals surface area contributed by atoms with Crippen LogP contribution >= 0.6 is 0 Å². The fourth-order valence-electron chi connectivity index (χ4n) is 3.62. The molecule has 1 aromatic heterocycles. The standard InChI is InChI=1S/C21H23NO/c1-16-9-11-17(12-10-16)21(22-13-5-2-6-14-22)20-15-18-7-3-4-8-19(18)23-20/h3-4,7-12,15,21H,2,5-6,13-14H2,1H3. The summed E-state index contributed by atoms with van der Waals surface area (Å²) in [4.78, 5) is 2.58. The first kappa shape index (κ1) is 14.5. The predicted molar refractivity (Wildman–Crippen MR) is 94.7 cm³/mol. The number of nitrogens with zero attached hydrogens (tertiary/aromatic N) is 1. The molecule has 0 amide bonds. The highest BCUT2D eigenvalue weighted by Crippen LogP contribution is 2.34. The smallest absolute Gasteiger partial charge is 0.134 e. The van der Waals surface area contributed by atoms with Gasteiger partial charge in [0.25, 0.3) is 0 Å². The minimum absolute atomic E-state index is 0.225. The Labute approximate surface area is 137 Å². The van der Waals surface area contributed by atoms with E-state index < -0.39 is 0 Å². The maximum absolute atomic E-state index is 6.23. The molecular weight excluding hydrogens is 282 g/mol. The van der Waals surface area contributed by atoms with Gasteiger partial charge in [0.1, 0.15) is 11.3 Å². The number of aryl methyl sites for hydroxylation is 1. The number of hydrogen-bond acceptors (Lipinski definition) is 2. The lowest BCUT2D eigenvalue weighted by Gasteiger charge is -2.33. The molecule has 1 aliphatic rings. The first-order valence-corrected chi connectivity index (χ1v) is 8.60. The second kappa shape index (κ2) is 6.21. The van der Waals surface area contributed by atoms with Gasteiger partial charge >= 0.3 is 0 Å². The van der Waals surface area contributed by atoms with Gasteiger partial charge in [-0.1, -0.05) is 54.4 Å². The van der Waals surface area contributed by atoms with Gasteiger partial charge in [-0.25, -0.2) is 0 Å². The Balaban J connectivity index is 1.78. The normalized spacial score (nSPS) is 17.4. The van der Waals surface area contributed by atoms with Gasteiger partial charge in [0.2, 0.25) is 0 Å². The Kier molecular flexibility index (Phi) is 3.92. The van der Waals surface area contributed by atoms with Crippen LogP contribution in [0.2, 0.25) is 0 Å². The van der Waals surface area contributed by atoms with Gasteiger partial charge in [0.05, 0.1) is 6.04 Å². The summed E-state index contributed by atoms with van der Waals surface area (Å²) in [6.45, 7) is 4.44. The molecule has 1 aliphatic heterocycles. The minimum atomic E-state index is 0.225. The number of benzene rings is 2. The van der Waals surface area contributed by atoms with Crippen molar-refractivity contribution in [2.75, 3.05) is 13.1 Å². The largest absolute Gasteiger partial charge is 0.459 e. The second-order valence-corrected chi connectivity index (χ2v) is 6.60. The monoisotopic (exact) mass is 305 g/mol. The molecule has 0 bridgehead atoms. The molecular formula is C21H23NO. The molecule has 1 saturated heterocycles. The zero-order chi connectivity index (χ0) is 15.6. The van der Waals surface area contributed by atoms with Crippen molar-refractivity contribution in [1.82, 2.24) is 4.90 Å². The third-order valence-corrected chi connectivity index (χ3v) is 4.86. The summed E-state index contributed by atoms with van der Waals surface area (Å²) in [5.74, 6) is 1.07. The number of para-hydroxylation sites is 1. The van der Waals surface area contributed by atoms with Gasteiger partial charge in [-0.3, -0.25) is 4.90 Å². The van der Waals surface area contributed by atoms with Crippen molar-refractivity contribution < 1.29 is 4.42 Å². The molecule has 0 saturated carbocycles. The van der Waals surface area contributed by atoms with E-state index in [-0.39, 0.29) is 6.04 Å². The molecule has 0 radical (unpaired) electrons. The number of furan rings is 1. The zero-order valence-corrected chi connectivity index (χ0v) is 13.7. The molecule has 0 aliphatic carbocycles. The van der Waals surface area contributed by atoms with Gasteiger partial charge in [-0.05, 0) is 50.6 Å². The fourth-order valence-corrected chi connectivity index (χ4v) is 3.62. The fraction of sp³-hybridized carbons (Fsp3) is 0.333. The zero-order valence-electron chi connectivity index (χ0n) is 13.7. The van der Waals surface area contributed by atoms with Crippen molar-refractivity contribution in [3.8, 4) is 0 Å². The van der Waals surface area contributed by atoms with Crippen LogP contribution in [0.15, 0.2) is 59.0 Å². The average Bonchev–Trinajstić information content (AvgIpc) is 3.01. The van der Waals surface area contributed by atoms with E-state index in [1.54, 1.807) is 0 Å². The lowest BCUT2D eigenvalue weighted by molar-refractivity contribution is 0.172. The number of rotatable bonds is 3. The van der Waals surface area contributed by atoms with Crippen LogP contribution in [0, 0.1) is 6.92 Å². The topological polar surface area (TPSA) is 16.4 Å². The number of likely N-dealkylation sites (tertiary alicyclic amines) is 1. The molecule has 4 rings (SSSR count). The Morgan fingerprint density at radius 3 is 2.39 bits per heavy atom. The quantitative estimate of drug-likeness (QED) is 0.651. The van der Waals surface area contributed by atoms with E-state index in [2.05, 4.69) is 60.4 Å². The third kappa shape index (κ3) is 2.91. The van der Waals surface area contributed by atoms with Crippen molar-refractivity contribution in [1.29, 1.82) is 0 Å². The Morgan fingerprint density at radius 1 is 0.913 bits per heavy atom. The summed E-state index contributed by atoms with van der Waals surface area (Å²) in [5, 5.41) is 1.19. The number of hydrogen-bond donors (Lipinski definition) is 0. The lowest BCUT2D eigenvalue weighted by Crippen LogP contribution is -2.34. The summed E-state index contributed by atoms with van der Waals surface area (Å²) in [7, 11) is 0. The Morgan fingerprint density at radius 2 is 1.65 bits per heavy atom. The summed E-state index contributed by atoms with van der Waals surface area (Å²) in [5.41, 5.74) is 3.61. The van der Waals surface area contributed by atoms with Crippen LogP contribution in [0.25, 0.3) is 11.0 Å². The van der Waals surface area contributed by atoms with Crippen LogP contribution in [0.4, 0.5) is 0 Å². The molecule has 2 heteroatoms. The first-order valence-electron chi connectivity index (χ1n) is 8.60. The van der Waals surface area contributed by atoms with Crippen LogP contribution < -0.4 is 0 Å². The number of fused-ring (bicyclic) bond motifs is 1. The van der Waals surface area contributed by atoms with Crippen LogP contribution in [-0.4, -0.2) is 18.0 Å². The maximum Gasteiger partial charge on any atom is 0.134 e. The molecule has 23 heavy (non-hydrogen) atoms. The summed E-state index contributed by atoms with van der Waals surface area (Å²) < 4.78 is 6.23. The molecule has 118 valence electrons. The molecule has 1 atom stereocenters. The maximum atomic E-state index is 6.23. The van der Waals surface area contributed by atoms with Gasteiger partial charge in [-0.15, -0.1) is 0 Å². The van der Waals surface area contributed by atoms with Crippen molar-refractivity contribution in [3.05, 3.63) is 71.5 Å². The molecule has 1 unspecified atom stereocenters. The van der Waals surface area contributed by atoms with E-state index in [1.165, 1.54) is 35.8 Å². The van der Waals surface area contributed by atoms with Crippen molar-refractivity contribution >= 4 is 11.0 Å². The van der Waals surface area contributed by atoms with Gasteiger partial charge in [0.15, 0.2) is 0 Å². The summed E-state index contributed by atoms with van der Waals surface area (Å²) >= 11 is 0. The van der Waals surface area contributed by atoms with Crippen LogP contribution in [0.5, 0.6) is 0 Å². The highest BCUT2D eigenvalue weighted by atomic mass is 16.3. The van der Waals surface area contributed by atoms with E-state index in [0.29, 0.717) is 0 Å². The third-order valence-electron chi connectivity index (χ3n) is 4.86. The molecule has 0 N–H and O–H groups in total. The van der Waals surface area contributed by atoms with Crippen molar-refractivity contribution in [2.45, 2.75) is 32.2 Å². The summed E-state index contributed by atoms with van der Waals surface area (Å²) in [6, 6.07) is 19.7. The van der Waals surface area contributed by atoms with Crippen LogP contribution in [-0.2, 0) is 0 Å². The van der Waals surface area contributed by atoms with E-state index in [9.17, 15) is 0 Å². The Bertz CT molecular complexity index is 748.